The predicted octanol–water partition coefficient (Wildman–Crippen LogP) is 3.15. The van der Waals surface area contributed by atoms with E-state index in [1.165, 1.54) is 6.07 Å². The van der Waals surface area contributed by atoms with Gasteiger partial charge in [0.05, 0.1) is 22.9 Å². The highest BCUT2D eigenvalue weighted by Crippen LogP contribution is 2.28. The molecule has 0 bridgehead atoms. The van der Waals surface area contributed by atoms with E-state index in [2.05, 4.69) is 5.10 Å². The average molecular weight is 282 g/mol. The third kappa shape index (κ3) is 2.33. The van der Waals surface area contributed by atoms with E-state index in [1.807, 2.05) is 6.07 Å². The summed E-state index contributed by atoms with van der Waals surface area (Å²) in [4.78, 5) is 10.8. The summed E-state index contributed by atoms with van der Waals surface area (Å²) in [5, 5.41) is 12.2. The standard InChI is InChI=1S/C12H6ClF2N3O/c13-11-9(6-19)10(12(14)15)17-18(11)8-3-1-2-7(4-8)5-16/h1-4,6,12H. The lowest BCUT2D eigenvalue weighted by Crippen LogP contribution is -1.98. The van der Waals surface area contributed by atoms with E-state index in [4.69, 9.17) is 16.9 Å². The van der Waals surface area contributed by atoms with Crippen LogP contribution >= 0.6 is 11.6 Å². The number of rotatable bonds is 3. The predicted molar refractivity (Wildman–Crippen MR) is 63.6 cm³/mol. The zero-order valence-electron chi connectivity index (χ0n) is 9.35. The first-order chi connectivity index (χ1) is 9.08. The Morgan fingerprint density at radius 1 is 1.47 bits per heavy atom. The van der Waals surface area contributed by atoms with Crippen molar-refractivity contribution in [1.29, 1.82) is 5.26 Å². The Balaban J connectivity index is 2.63. The molecule has 7 heteroatoms. The highest BCUT2D eigenvalue weighted by Gasteiger charge is 2.23. The quantitative estimate of drug-likeness (QED) is 0.812. The topological polar surface area (TPSA) is 58.7 Å². The maximum atomic E-state index is 12.7. The molecule has 1 aromatic heterocycles. The Bertz CT molecular complexity index is 676. The van der Waals surface area contributed by atoms with Gasteiger partial charge in [-0.05, 0) is 18.2 Å². The van der Waals surface area contributed by atoms with E-state index in [9.17, 15) is 13.6 Å². The molecule has 0 aliphatic rings. The molecule has 0 unspecified atom stereocenters. The number of alkyl halides is 2. The lowest BCUT2D eigenvalue weighted by molar-refractivity contribution is 0.110. The molecular weight excluding hydrogens is 276 g/mol. The van der Waals surface area contributed by atoms with Crippen molar-refractivity contribution in [3.8, 4) is 11.8 Å². The van der Waals surface area contributed by atoms with Crippen LogP contribution in [0.25, 0.3) is 5.69 Å². The normalized spacial score (nSPS) is 10.5. The number of nitrogens with zero attached hydrogens (tertiary/aromatic N) is 3. The number of hydrogen-bond acceptors (Lipinski definition) is 3. The number of carbonyl (C=O) groups is 1. The Morgan fingerprint density at radius 2 is 2.21 bits per heavy atom. The molecule has 19 heavy (non-hydrogen) atoms. The first-order valence-corrected chi connectivity index (χ1v) is 5.48. The van der Waals surface area contributed by atoms with E-state index in [-0.39, 0.29) is 17.0 Å². The van der Waals surface area contributed by atoms with Crippen molar-refractivity contribution in [2.75, 3.05) is 0 Å². The zero-order valence-corrected chi connectivity index (χ0v) is 10.1. The van der Waals surface area contributed by atoms with Crippen LogP contribution < -0.4 is 0 Å². The van der Waals surface area contributed by atoms with Gasteiger partial charge < -0.3 is 0 Å². The third-order valence-corrected chi connectivity index (χ3v) is 2.80. The fourth-order valence-corrected chi connectivity index (χ4v) is 1.85. The number of benzene rings is 1. The van der Waals surface area contributed by atoms with E-state index in [0.29, 0.717) is 11.3 Å². The average Bonchev–Trinajstić information content (AvgIpc) is 2.76. The molecule has 96 valence electrons. The van der Waals surface area contributed by atoms with E-state index >= 15 is 0 Å². The Labute approximate surface area is 111 Å². The van der Waals surface area contributed by atoms with Crippen LogP contribution in [0.3, 0.4) is 0 Å². The molecule has 0 radical (unpaired) electrons. The van der Waals surface area contributed by atoms with Gasteiger partial charge in [-0.1, -0.05) is 17.7 Å². The van der Waals surface area contributed by atoms with Crippen LogP contribution in [0.4, 0.5) is 8.78 Å². The van der Waals surface area contributed by atoms with E-state index in [0.717, 1.165) is 4.68 Å². The van der Waals surface area contributed by atoms with Gasteiger partial charge in [-0.25, -0.2) is 13.5 Å². The van der Waals surface area contributed by atoms with Gasteiger partial charge in [-0.15, -0.1) is 0 Å². The fraction of sp³-hybridized carbons (Fsp3) is 0.0833. The molecule has 0 saturated heterocycles. The first kappa shape index (κ1) is 13.2. The van der Waals surface area contributed by atoms with Crippen LogP contribution in [0, 0.1) is 11.3 Å². The van der Waals surface area contributed by atoms with Crippen molar-refractivity contribution in [2.24, 2.45) is 0 Å². The second-order valence-corrected chi connectivity index (χ2v) is 3.94. The van der Waals surface area contributed by atoms with Crippen molar-refractivity contribution in [2.45, 2.75) is 6.43 Å². The Kier molecular flexibility index (Phi) is 3.58. The van der Waals surface area contributed by atoms with Crippen LogP contribution in [0.1, 0.15) is 28.0 Å². The molecule has 0 atom stereocenters. The van der Waals surface area contributed by atoms with Gasteiger partial charge in [-0.3, -0.25) is 4.79 Å². The van der Waals surface area contributed by atoms with Gasteiger partial charge in [0, 0.05) is 0 Å². The third-order valence-electron chi connectivity index (χ3n) is 2.44. The molecule has 0 spiro atoms. The van der Waals surface area contributed by atoms with Crippen LogP contribution in [-0.4, -0.2) is 16.1 Å². The first-order valence-electron chi connectivity index (χ1n) is 5.10. The molecule has 0 saturated carbocycles. The van der Waals surface area contributed by atoms with E-state index < -0.39 is 12.1 Å². The second-order valence-electron chi connectivity index (χ2n) is 3.58. The number of aromatic nitrogens is 2. The monoisotopic (exact) mass is 281 g/mol. The van der Waals surface area contributed by atoms with Gasteiger partial charge in [-0.2, -0.15) is 10.4 Å². The number of carbonyl (C=O) groups excluding carboxylic acids is 1. The molecule has 2 aromatic rings. The van der Waals surface area contributed by atoms with Gasteiger partial charge in [0.25, 0.3) is 6.43 Å². The van der Waals surface area contributed by atoms with Crippen molar-refractivity contribution >= 4 is 17.9 Å². The second kappa shape index (κ2) is 5.16. The maximum absolute atomic E-state index is 12.7. The summed E-state index contributed by atoms with van der Waals surface area (Å²) in [6.07, 6.45) is -2.67. The number of hydrogen-bond donors (Lipinski definition) is 0. The van der Waals surface area contributed by atoms with Crippen molar-refractivity contribution in [3.05, 3.63) is 46.2 Å². The van der Waals surface area contributed by atoms with Crippen molar-refractivity contribution < 1.29 is 13.6 Å². The van der Waals surface area contributed by atoms with Gasteiger partial charge in [0.2, 0.25) is 0 Å². The summed E-state index contributed by atoms with van der Waals surface area (Å²) in [7, 11) is 0. The molecule has 0 aliphatic carbocycles. The smallest absolute Gasteiger partial charge is 0.282 e. The molecule has 2 rings (SSSR count). The number of nitriles is 1. The highest BCUT2D eigenvalue weighted by molar-refractivity contribution is 6.32. The maximum Gasteiger partial charge on any atom is 0.282 e. The van der Waals surface area contributed by atoms with Gasteiger partial charge in [0.1, 0.15) is 10.8 Å². The molecule has 0 amide bonds. The van der Waals surface area contributed by atoms with Crippen LogP contribution in [0.5, 0.6) is 0 Å². The fourth-order valence-electron chi connectivity index (χ4n) is 1.57. The minimum absolute atomic E-state index is 0.208. The summed E-state index contributed by atoms with van der Waals surface area (Å²) in [6, 6.07) is 8.01. The Morgan fingerprint density at radius 3 is 2.74 bits per heavy atom. The molecule has 0 aliphatic heterocycles. The largest absolute Gasteiger partial charge is 0.298 e. The highest BCUT2D eigenvalue weighted by atomic mass is 35.5. The SMILES string of the molecule is N#Cc1cccc(-n2nc(C(F)F)c(C=O)c2Cl)c1. The summed E-state index contributed by atoms with van der Waals surface area (Å²) in [6.45, 7) is 0. The minimum Gasteiger partial charge on any atom is -0.298 e. The van der Waals surface area contributed by atoms with Gasteiger partial charge >= 0.3 is 0 Å². The summed E-state index contributed by atoms with van der Waals surface area (Å²) in [5.74, 6) is 0. The number of halogens is 3. The molecule has 1 aromatic carbocycles. The van der Waals surface area contributed by atoms with E-state index in [1.54, 1.807) is 18.2 Å². The van der Waals surface area contributed by atoms with Crippen molar-refractivity contribution in [3.63, 3.8) is 0 Å². The molecule has 1 heterocycles. The lowest BCUT2D eigenvalue weighted by Gasteiger charge is -2.02. The summed E-state index contributed by atoms with van der Waals surface area (Å²) >= 11 is 5.86. The molecule has 0 N–H and O–H groups in total. The number of aldehydes is 1. The van der Waals surface area contributed by atoms with Gasteiger partial charge in [0.15, 0.2) is 6.29 Å². The molecular formula is C12H6ClF2N3O. The van der Waals surface area contributed by atoms with Crippen LogP contribution in [-0.2, 0) is 0 Å². The van der Waals surface area contributed by atoms with Crippen LogP contribution in [0.15, 0.2) is 24.3 Å². The lowest BCUT2D eigenvalue weighted by atomic mass is 10.2. The van der Waals surface area contributed by atoms with Crippen molar-refractivity contribution in [1.82, 2.24) is 9.78 Å². The Hall–Kier alpha value is -2.26. The summed E-state index contributed by atoms with van der Waals surface area (Å²) in [5.41, 5.74) is -0.365. The molecule has 0 fully saturated rings. The zero-order chi connectivity index (χ0) is 14.0. The van der Waals surface area contributed by atoms with Crippen LogP contribution in [0.2, 0.25) is 5.15 Å². The summed E-state index contributed by atoms with van der Waals surface area (Å²) < 4.78 is 26.5. The minimum atomic E-state index is -2.90. The molecule has 4 nitrogen and oxygen atoms in total.